The van der Waals surface area contributed by atoms with Crippen molar-refractivity contribution >= 4 is 12.2 Å². The molecule has 2 N–H and O–H groups in total. The number of carboxylic acids is 1. The number of aliphatic hydroxyl groups is 1. The largest absolute Gasteiger partial charge is 0.548 e. The zero-order valence-corrected chi connectivity index (χ0v) is 11.1. The van der Waals surface area contributed by atoms with E-state index in [-0.39, 0.29) is 5.56 Å². The average Bonchev–Trinajstić information content (AvgIpc) is 2.37. The van der Waals surface area contributed by atoms with Crippen LogP contribution in [-0.2, 0) is 18.9 Å². The van der Waals surface area contributed by atoms with E-state index in [2.05, 4.69) is 4.99 Å². The van der Waals surface area contributed by atoms with Gasteiger partial charge in [0.25, 0.3) is 5.56 Å². The van der Waals surface area contributed by atoms with Gasteiger partial charge >= 0.3 is 5.69 Å². The Hall–Kier alpha value is -2.42. The molecule has 9 nitrogen and oxygen atoms in total. The zero-order valence-electron chi connectivity index (χ0n) is 11.1. The number of carbonyl (C=O) groups is 1. The van der Waals surface area contributed by atoms with Gasteiger partial charge in [0.1, 0.15) is 11.6 Å². The maximum atomic E-state index is 11.8. The van der Waals surface area contributed by atoms with Gasteiger partial charge in [0.15, 0.2) is 0 Å². The summed E-state index contributed by atoms with van der Waals surface area (Å²) in [5, 5.41) is 29.7. The van der Waals surface area contributed by atoms with Crippen LogP contribution in [0.2, 0.25) is 0 Å². The van der Waals surface area contributed by atoms with Crippen LogP contribution in [0, 0.1) is 0 Å². The zero-order chi connectivity index (χ0) is 15.6. The normalized spacial score (nSPS) is 14.4. The van der Waals surface area contributed by atoms with Gasteiger partial charge in [-0.05, 0) is 6.92 Å². The van der Waals surface area contributed by atoms with Gasteiger partial charge in [-0.3, -0.25) is 18.9 Å². The van der Waals surface area contributed by atoms with Crippen molar-refractivity contribution in [1.29, 1.82) is 0 Å². The van der Waals surface area contributed by atoms with Crippen LogP contribution in [0.1, 0.15) is 12.5 Å². The molecule has 0 aliphatic carbocycles. The summed E-state index contributed by atoms with van der Waals surface area (Å²) in [5.74, 6) is -2.28. The molecule has 0 aliphatic rings. The van der Waals surface area contributed by atoms with Crippen molar-refractivity contribution in [2.24, 2.45) is 19.1 Å². The van der Waals surface area contributed by atoms with Gasteiger partial charge in [0, 0.05) is 20.3 Å². The molecule has 0 bridgehead atoms. The molecule has 0 aromatic carbocycles. The Bertz CT molecular complexity index is 670. The summed E-state index contributed by atoms with van der Waals surface area (Å²) in [5.41, 5.74) is -1.94. The third kappa shape index (κ3) is 2.77. The fraction of sp³-hybridized carbons (Fsp3) is 0.455. The van der Waals surface area contributed by atoms with Gasteiger partial charge in [0.2, 0.25) is 5.88 Å². The summed E-state index contributed by atoms with van der Waals surface area (Å²) in [7, 11) is 2.44. The van der Waals surface area contributed by atoms with Crippen LogP contribution in [0.3, 0.4) is 0 Å². The Morgan fingerprint density at radius 2 is 1.90 bits per heavy atom. The minimum atomic E-state index is -1.63. The highest BCUT2D eigenvalue weighted by atomic mass is 16.4. The quantitative estimate of drug-likeness (QED) is 0.556. The van der Waals surface area contributed by atoms with Crippen LogP contribution < -0.4 is 16.4 Å². The van der Waals surface area contributed by atoms with Crippen LogP contribution in [0.5, 0.6) is 5.88 Å². The molecule has 1 rings (SSSR count). The second kappa shape index (κ2) is 5.70. The molecule has 2 atom stereocenters. The monoisotopic (exact) mass is 284 g/mol. The lowest BCUT2D eigenvalue weighted by Gasteiger charge is -2.16. The second-order valence-corrected chi connectivity index (χ2v) is 4.23. The Labute approximate surface area is 113 Å². The standard InChI is InChI=1S/C11H15N3O6/c1-5(15)7(10(18)19)12-4-6-8(16)13(2)11(20)14(3)9(6)17/h4-5,7,15-16H,1-3H3,(H,18,19)/p-1/t5-,7+/m0/s1. The fourth-order valence-electron chi connectivity index (χ4n) is 1.51. The molecule has 0 spiro atoms. The van der Waals surface area contributed by atoms with Crippen molar-refractivity contribution in [1.82, 2.24) is 9.13 Å². The molecule has 0 amide bonds. The summed E-state index contributed by atoms with van der Waals surface area (Å²) in [6.07, 6.45) is -0.542. The fourth-order valence-corrected chi connectivity index (χ4v) is 1.51. The average molecular weight is 284 g/mol. The number of hydrogen-bond donors (Lipinski definition) is 2. The number of aromatic hydroxyl groups is 1. The lowest BCUT2D eigenvalue weighted by atomic mass is 10.2. The van der Waals surface area contributed by atoms with Crippen LogP contribution in [-0.4, -0.2) is 43.7 Å². The third-order valence-electron chi connectivity index (χ3n) is 2.73. The second-order valence-electron chi connectivity index (χ2n) is 4.23. The lowest BCUT2D eigenvalue weighted by Crippen LogP contribution is -2.42. The molecule has 0 saturated heterocycles. The molecule has 0 radical (unpaired) electrons. The van der Waals surface area contributed by atoms with Crippen molar-refractivity contribution in [2.45, 2.75) is 19.1 Å². The van der Waals surface area contributed by atoms with Crippen molar-refractivity contribution in [3.63, 3.8) is 0 Å². The molecular weight excluding hydrogens is 270 g/mol. The number of carboxylic acid groups (broad SMARTS) is 1. The molecular formula is C11H14N3O6-. The number of hydrogen-bond acceptors (Lipinski definition) is 7. The van der Waals surface area contributed by atoms with Crippen molar-refractivity contribution in [2.75, 3.05) is 0 Å². The van der Waals surface area contributed by atoms with Crippen molar-refractivity contribution < 1.29 is 20.1 Å². The van der Waals surface area contributed by atoms with Gasteiger partial charge in [-0.15, -0.1) is 0 Å². The summed E-state index contributed by atoms with van der Waals surface area (Å²) in [4.78, 5) is 37.5. The van der Waals surface area contributed by atoms with E-state index in [0.717, 1.165) is 15.3 Å². The Kier molecular flexibility index (Phi) is 4.45. The van der Waals surface area contributed by atoms with E-state index in [1.165, 1.54) is 21.0 Å². The summed E-state index contributed by atoms with van der Waals surface area (Å²) < 4.78 is 1.54. The van der Waals surface area contributed by atoms with Gasteiger partial charge in [0.05, 0.1) is 12.1 Å². The molecule has 1 aromatic heterocycles. The van der Waals surface area contributed by atoms with E-state index in [1.807, 2.05) is 0 Å². The summed E-state index contributed by atoms with van der Waals surface area (Å²) >= 11 is 0. The number of aliphatic hydroxyl groups excluding tert-OH is 1. The van der Waals surface area contributed by atoms with Crippen LogP contribution >= 0.6 is 0 Å². The number of rotatable bonds is 4. The van der Waals surface area contributed by atoms with Crippen LogP contribution in [0.15, 0.2) is 14.6 Å². The van der Waals surface area contributed by atoms with Crippen molar-refractivity contribution in [3.8, 4) is 5.88 Å². The first-order chi connectivity index (χ1) is 9.18. The first-order valence-corrected chi connectivity index (χ1v) is 5.59. The van der Waals surface area contributed by atoms with Gasteiger partial charge in [-0.1, -0.05) is 0 Å². The van der Waals surface area contributed by atoms with Crippen molar-refractivity contribution in [3.05, 3.63) is 26.4 Å². The minimum Gasteiger partial charge on any atom is -0.548 e. The molecule has 1 heterocycles. The molecule has 110 valence electrons. The first kappa shape index (κ1) is 15.6. The molecule has 1 aromatic rings. The molecule has 0 fully saturated rings. The van der Waals surface area contributed by atoms with Crippen LogP contribution in [0.4, 0.5) is 0 Å². The molecule has 0 saturated carbocycles. The predicted octanol–water partition coefficient (Wildman–Crippen LogP) is -3.29. The topological polar surface area (TPSA) is 137 Å². The highest BCUT2D eigenvalue weighted by molar-refractivity contribution is 5.84. The number of aliphatic carboxylic acids is 1. The van der Waals surface area contributed by atoms with Gasteiger partial charge in [-0.2, -0.15) is 0 Å². The van der Waals surface area contributed by atoms with Crippen LogP contribution in [0.25, 0.3) is 0 Å². The van der Waals surface area contributed by atoms with E-state index in [1.54, 1.807) is 0 Å². The van der Waals surface area contributed by atoms with E-state index in [4.69, 9.17) is 0 Å². The van der Waals surface area contributed by atoms with Gasteiger partial charge in [-0.25, -0.2) is 4.79 Å². The Morgan fingerprint density at radius 1 is 1.35 bits per heavy atom. The molecule has 0 aliphatic heterocycles. The number of carbonyl (C=O) groups excluding carboxylic acids is 1. The minimum absolute atomic E-state index is 0.360. The maximum absolute atomic E-state index is 11.8. The Morgan fingerprint density at radius 3 is 2.35 bits per heavy atom. The van der Waals surface area contributed by atoms with E-state index in [0.29, 0.717) is 0 Å². The van der Waals surface area contributed by atoms with Gasteiger partial charge < -0.3 is 20.1 Å². The number of nitrogens with zero attached hydrogens (tertiary/aromatic N) is 3. The predicted molar refractivity (Wildman–Crippen MR) is 66.7 cm³/mol. The SMILES string of the molecule is C[C@H](O)[C@@H](N=Cc1c(O)n(C)c(=O)n(C)c1=O)C(=O)[O-]. The smallest absolute Gasteiger partial charge is 0.333 e. The molecule has 20 heavy (non-hydrogen) atoms. The highest BCUT2D eigenvalue weighted by Gasteiger charge is 2.16. The summed E-state index contributed by atoms with van der Waals surface area (Å²) in [6.45, 7) is 1.19. The van der Waals surface area contributed by atoms with E-state index in [9.17, 15) is 29.7 Å². The molecule has 0 unspecified atom stereocenters. The Balaban J connectivity index is 3.40. The molecule has 9 heteroatoms. The number of aliphatic imine (C=N–C) groups is 1. The highest BCUT2D eigenvalue weighted by Crippen LogP contribution is 2.07. The lowest BCUT2D eigenvalue weighted by molar-refractivity contribution is -0.309. The first-order valence-electron chi connectivity index (χ1n) is 5.59. The summed E-state index contributed by atoms with van der Waals surface area (Å²) in [6, 6.07) is -1.59. The van der Waals surface area contributed by atoms with E-state index < -0.39 is 35.2 Å². The third-order valence-corrected chi connectivity index (χ3v) is 2.73. The van der Waals surface area contributed by atoms with E-state index >= 15 is 0 Å². The number of aromatic nitrogens is 2. The maximum Gasteiger partial charge on any atom is 0.333 e.